The predicted molar refractivity (Wildman–Crippen MR) is 63.8 cm³/mol. The summed E-state index contributed by atoms with van der Waals surface area (Å²) in [5, 5.41) is 24.4. The first-order valence-electron chi connectivity index (χ1n) is 5.10. The maximum atomic E-state index is 9.11. The Kier molecular flexibility index (Phi) is 11.2. The Bertz CT molecular complexity index is 127. The molecule has 2 atom stereocenters. The summed E-state index contributed by atoms with van der Waals surface area (Å²) >= 11 is 10.8. The Morgan fingerprint density at radius 2 is 1.27 bits per heavy atom. The average molecular weight is 259 g/mol. The third kappa shape index (κ3) is 10.7. The van der Waals surface area contributed by atoms with Crippen molar-refractivity contribution in [2.24, 2.45) is 0 Å². The van der Waals surface area contributed by atoms with E-state index in [0.29, 0.717) is 13.1 Å². The van der Waals surface area contributed by atoms with Gasteiger partial charge in [0.15, 0.2) is 0 Å². The van der Waals surface area contributed by atoms with E-state index < -0.39 is 12.2 Å². The molecule has 0 aliphatic heterocycles. The highest BCUT2D eigenvalue weighted by atomic mass is 35.5. The monoisotopic (exact) mass is 258 g/mol. The topological polar surface area (TPSA) is 64.5 Å². The molecule has 0 aromatic heterocycles. The quantitative estimate of drug-likeness (QED) is 0.323. The van der Waals surface area contributed by atoms with E-state index in [1.165, 1.54) is 0 Å². The molecule has 0 rings (SSSR count). The summed E-state index contributed by atoms with van der Waals surface area (Å²) < 4.78 is 0. The van der Waals surface area contributed by atoms with Crippen LogP contribution >= 0.6 is 23.2 Å². The van der Waals surface area contributed by atoms with E-state index in [2.05, 4.69) is 10.6 Å². The molecular weight excluding hydrogens is 239 g/mol. The van der Waals surface area contributed by atoms with E-state index >= 15 is 0 Å². The van der Waals surface area contributed by atoms with Crippen LogP contribution < -0.4 is 10.6 Å². The van der Waals surface area contributed by atoms with Crippen molar-refractivity contribution in [3.05, 3.63) is 0 Å². The first-order chi connectivity index (χ1) is 7.20. The molecule has 0 bridgehead atoms. The third-order valence-corrected chi connectivity index (χ3v) is 2.54. The van der Waals surface area contributed by atoms with Crippen LogP contribution in [0.3, 0.4) is 0 Å². The van der Waals surface area contributed by atoms with Gasteiger partial charge in [-0.2, -0.15) is 0 Å². The van der Waals surface area contributed by atoms with Crippen LogP contribution in [0.2, 0.25) is 0 Å². The number of hydrogen-bond acceptors (Lipinski definition) is 4. The molecule has 6 heteroatoms. The molecule has 0 saturated carbocycles. The molecule has 0 heterocycles. The van der Waals surface area contributed by atoms with Crippen LogP contribution in [0.1, 0.15) is 6.42 Å². The van der Waals surface area contributed by atoms with E-state index in [4.69, 9.17) is 33.4 Å². The number of rotatable bonds is 10. The minimum Gasteiger partial charge on any atom is -0.391 e. The molecule has 0 aromatic carbocycles. The number of halogens is 2. The van der Waals surface area contributed by atoms with Gasteiger partial charge in [0.25, 0.3) is 0 Å². The molecular formula is C9H20Cl2N2O2. The molecule has 0 aliphatic carbocycles. The van der Waals surface area contributed by atoms with Gasteiger partial charge in [-0.3, -0.25) is 0 Å². The van der Waals surface area contributed by atoms with Crippen molar-refractivity contribution in [1.29, 1.82) is 0 Å². The second-order valence-electron chi connectivity index (χ2n) is 3.38. The average Bonchev–Trinajstić information content (AvgIpc) is 2.26. The maximum Gasteiger partial charge on any atom is 0.0799 e. The fourth-order valence-corrected chi connectivity index (χ4v) is 1.20. The zero-order chi connectivity index (χ0) is 11.5. The Balaban J connectivity index is 3.05. The van der Waals surface area contributed by atoms with Gasteiger partial charge in [-0.25, -0.2) is 0 Å². The van der Waals surface area contributed by atoms with Gasteiger partial charge in [0.2, 0.25) is 0 Å². The van der Waals surface area contributed by atoms with Gasteiger partial charge >= 0.3 is 0 Å². The SMILES string of the molecule is OC(CCl)CNCCCNCC(O)CCl. The molecule has 2 unspecified atom stereocenters. The molecule has 0 spiro atoms. The lowest BCUT2D eigenvalue weighted by molar-refractivity contribution is 0.192. The molecule has 0 aromatic rings. The Labute approximate surface area is 101 Å². The van der Waals surface area contributed by atoms with E-state index in [9.17, 15) is 0 Å². The molecule has 0 saturated heterocycles. The molecule has 0 radical (unpaired) electrons. The zero-order valence-corrected chi connectivity index (χ0v) is 10.3. The normalized spacial score (nSPS) is 15.2. The fraction of sp³-hybridized carbons (Fsp3) is 1.00. The van der Waals surface area contributed by atoms with Crippen molar-refractivity contribution in [1.82, 2.24) is 10.6 Å². The van der Waals surface area contributed by atoms with Gasteiger partial charge in [-0.1, -0.05) is 0 Å². The first kappa shape index (κ1) is 15.4. The number of hydrogen-bond donors (Lipinski definition) is 4. The summed E-state index contributed by atoms with van der Waals surface area (Å²) in [5.41, 5.74) is 0. The summed E-state index contributed by atoms with van der Waals surface area (Å²) in [6.07, 6.45) is -0.0142. The van der Waals surface area contributed by atoms with Crippen LogP contribution in [-0.4, -0.2) is 60.4 Å². The summed E-state index contributed by atoms with van der Waals surface area (Å²) in [5.74, 6) is 0.514. The standard InChI is InChI=1S/C9H20Cl2N2O2/c10-4-8(14)6-12-2-1-3-13-7-9(15)5-11/h8-9,12-15H,1-7H2. The van der Waals surface area contributed by atoms with Crippen molar-refractivity contribution >= 4 is 23.2 Å². The second-order valence-corrected chi connectivity index (χ2v) is 4.00. The lowest BCUT2D eigenvalue weighted by Crippen LogP contribution is -2.32. The minimum absolute atomic E-state index is 0.257. The van der Waals surface area contributed by atoms with Gasteiger partial charge < -0.3 is 20.8 Å². The first-order valence-corrected chi connectivity index (χ1v) is 6.17. The Morgan fingerprint density at radius 3 is 1.60 bits per heavy atom. The number of nitrogens with one attached hydrogen (secondary N) is 2. The molecule has 4 nitrogen and oxygen atoms in total. The van der Waals surface area contributed by atoms with Gasteiger partial charge in [-0.05, 0) is 19.5 Å². The van der Waals surface area contributed by atoms with E-state index in [1.54, 1.807) is 0 Å². The smallest absolute Gasteiger partial charge is 0.0799 e. The summed E-state index contributed by atoms with van der Waals surface area (Å²) in [6, 6.07) is 0. The number of aliphatic hydroxyl groups excluding tert-OH is 2. The van der Waals surface area contributed by atoms with Gasteiger partial charge in [0.1, 0.15) is 0 Å². The van der Waals surface area contributed by atoms with E-state index in [-0.39, 0.29) is 11.8 Å². The van der Waals surface area contributed by atoms with E-state index in [0.717, 1.165) is 19.5 Å². The highest BCUT2D eigenvalue weighted by Crippen LogP contribution is 1.86. The van der Waals surface area contributed by atoms with E-state index in [1.807, 2.05) is 0 Å². The van der Waals surface area contributed by atoms with Crippen molar-refractivity contribution in [2.75, 3.05) is 37.9 Å². The third-order valence-electron chi connectivity index (χ3n) is 1.82. The lowest BCUT2D eigenvalue weighted by Gasteiger charge is -2.10. The van der Waals surface area contributed by atoms with Crippen LogP contribution in [0.15, 0.2) is 0 Å². The predicted octanol–water partition coefficient (Wildman–Crippen LogP) is -0.245. The largest absolute Gasteiger partial charge is 0.391 e. The molecule has 0 fully saturated rings. The Morgan fingerprint density at radius 1 is 0.867 bits per heavy atom. The molecule has 15 heavy (non-hydrogen) atoms. The van der Waals surface area contributed by atoms with Crippen LogP contribution in [0.25, 0.3) is 0 Å². The number of aliphatic hydroxyl groups is 2. The molecule has 0 aliphatic rings. The molecule has 4 N–H and O–H groups in total. The van der Waals surface area contributed by atoms with Crippen LogP contribution in [0, 0.1) is 0 Å². The zero-order valence-electron chi connectivity index (χ0n) is 8.75. The summed E-state index contributed by atoms with van der Waals surface area (Å²) in [7, 11) is 0. The van der Waals surface area contributed by atoms with Gasteiger partial charge in [0.05, 0.1) is 12.2 Å². The van der Waals surface area contributed by atoms with Crippen molar-refractivity contribution in [3.8, 4) is 0 Å². The van der Waals surface area contributed by atoms with Gasteiger partial charge in [0, 0.05) is 24.8 Å². The fourth-order valence-electron chi connectivity index (χ4n) is 0.985. The minimum atomic E-state index is -0.474. The van der Waals surface area contributed by atoms with Crippen molar-refractivity contribution in [3.63, 3.8) is 0 Å². The van der Waals surface area contributed by atoms with Crippen LogP contribution in [0.5, 0.6) is 0 Å². The summed E-state index contributed by atoms with van der Waals surface area (Å²) in [4.78, 5) is 0. The molecule has 0 amide bonds. The summed E-state index contributed by atoms with van der Waals surface area (Å²) in [6.45, 7) is 2.68. The maximum absolute atomic E-state index is 9.11. The van der Waals surface area contributed by atoms with Gasteiger partial charge in [-0.15, -0.1) is 23.2 Å². The second kappa shape index (κ2) is 10.9. The van der Waals surface area contributed by atoms with Crippen LogP contribution in [0.4, 0.5) is 0 Å². The highest BCUT2D eigenvalue weighted by molar-refractivity contribution is 6.18. The lowest BCUT2D eigenvalue weighted by atomic mass is 10.3. The van der Waals surface area contributed by atoms with Crippen LogP contribution in [-0.2, 0) is 0 Å². The van der Waals surface area contributed by atoms with Crippen molar-refractivity contribution in [2.45, 2.75) is 18.6 Å². The van der Waals surface area contributed by atoms with Crippen molar-refractivity contribution < 1.29 is 10.2 Å². The highest BCUT2D eigenvalue weighted by Gasteiger charge is 2.01. The number of alkyl halides is 2. The Hall–Kier alpha value is 0.420. The molecule has 92 valence electrons.